The Balaban J connectivity index is 1.48. The van der Waals surface area contributed by atoms with E-state index in [0.717, 1.165) is 58.8 Å². The number of thiazole rings is 1. The fourth-order valence-corrected chi connectivity index (χ4v) is 5.58. The number of carbonyl (C=O) groups is 2. The maximum Gasteiger partial charge on any atom is 0.331 e. The van der Waals surface area contributed by atoms with Crippen molar-refractivity contribution in [1.82, 2.24) is 10.3 Å². The predicted octanol–water partition coefficient (Wildman–Crippen LogP) is 7.14. The molecule has 0 unspecified atom stereocenters. The molecule has 6 nitrogen and oxygen atoms in total. The first-order chi connectivity index (χ1) is 18.9. The number of nitrogens with one attached hydrogen (secondary N) is 1. The Morgan fingerprint density at radius 2 is 1.77 bits per heavy atom. The zero-order chi connectivity index (χ0) is 27.6. The van der Waals surface area contributed by atoms with Crippen LogP contribution in [0.2, 0.25) is 0 Å². The number of benzene rings is 2. The average molecular weight is 545 g/mol. The molecule has 7 heteroatoms. The minimum atomic E-state index is -0.941. The molecule has 1 atom stereocenters. The SMILES string of the molecule is CC(=C\c1csc([C@H](Cc2ccc(OCc3ccccc3)cc2)NC(=O)C2CCCCC2)n1)/C=C(\C)C(=O)O. The number of carboxylic acids is 1. The van der Waals surface area contributed by atoms with Crippen LogP contribution in [0, 0.1) is 5.92 Å². The highest BCUT2D eigenvalue weighted by molar-refractivity contribution is 7.09. The molecule has 2 aromatic carbocycles. The van der Waals surface area contributed by atoms with Gasteiger partial charge in [0.05, 0.1) is 11.7 Å². The van der Waals surface area contributed by atoms with Gasteiger partial charge in [0.1, 0.15) is 17.4 Å². The summed E-state index contributed by atoms with van der Waals surface area (Å²) in [7, 11) is 0. The van der Waals surface area contributed by atoms with Crippen LogP contribution in [0.25, 0.3) is 6.08 Å². The van der Waals surface area contributed by atoms with Crippen LogP contribution < -0.4 is 10.1 Å². The molecule has 0 spiro atoms. The summed E-state index contributed by atoms with van der Waals surface area (Å²) in [5.74, 6) is 0.0164. The predicted molar refractivity (Wildman–Crippen MR) is 156 cm³/mol. The standard InChI is InChI=1S/C32H36N2O4S/c1-22(17-23(2)32(36)37)18-27-21-39-31(33-27)29(34-30(35)26-11-7-4-8-12-26)19-24-13-15-28(16-14-24)38-20-25-9-5-3-6-10-25/h3,5-6,9-10,13-18,21,26,29H,4,7-8,11-12,19-20H2,1-2H3,(H,34,35)(H,36,37)/b22-18+,23-17+/t29-/m0/s1. The highest BCUT2D eigenvalue weighted by Gasteiger charge is 2.25. The number of hydrogen-bond acceptors (Lipinski definition) is 5. The molecule has 0 saturated heterocycles. The van der Waals surface area contributed by atoms with E-state index in [9.17, 15) is 9.59 Å². The normalized spacial score (nSPS) is 15.5. The third-order valence-electron chi connectivity index (χ3n) is 6.90. The van der Waals surface area contributed by atoms with Gasteiger partial charge in [-0.3, -0.25) is 4.79 Å². The molecule has 4 rings (SSSR count). The van der Waals surface area contributed by atoms with E-state index in [1.54, 1.807) is 13.0 Å². The summed E-state index contributed by atoms with van der Waals surface area (Å²) in [4.78, 5) is 29.1. The number of aromatic nitrogens is 1. The first-order valence-electron chi connectivity index (χ1n) is 13.5. The highest BCUT2D eigenvalue weighted by atomic mass is 32.1. The molecule has 1 aromatic heterocycles. The van der Waals surface area contributed by atoms with E-state index in [4.69, 9.17) is 14.8 Å². The van der Waals surface area contributed by atoms with Crippen LogP contribution in [-0.4, -0.2) is 22.0 Å². The Bertz CT molecular complexity index is 1310. The number of carboxylic acid groups (broad SMARTS) is 1. The minimum absolute atomic E-state index is 0.0562. The Labute approximate surface area is 234 Å². The molecule has 1 saturated carbocycles. The van der Waals surface area contributed by atoms with E-state index in [1.165, 1.54) is 17.8 Å². The molecule has 1 amide bonds. The van der Waals surface area contributed by atoms with Crippen LogP contribution in [-0.2, 0) is 22.6 Å². The number of ether oxygens (including phenoxy) is 1. The second kappa shape index (κ2) is 13.9. The monoisotopic (exact) mass is 544 g/mol. The van der Waals surface area contributed by atoms with E-state index in [1.807, 2.05) is 73.0 Å². The molecule has 0 radical (unpaired) electrons. The maximum atomic E-state index is 13.2. The van der Waals surface area contributed by atoms with Crippen molar-refractivity contribution in [3.05, 3.63) is 99.0 Å². The summed E-state index contributed by atoms with van der Waals surface area (Å²) in [6, 6.07) is 17.8. The van der Waals surface area contributed by atoms with Gasteiger partial charge in [0.15, 0.2) is 0 Å². The van der Waals surface area contributed by atoms with Gasteiger partial charge in [-0.15, -0.1) is 11.3 Å². The van der Waals surface area contributed by atoms with Crippen molar-refractivity contribution in [2.75, 3.05) is 0 Å². The highest BCUT2D eigenvalue weighted by Crippen LogP contribution is 2.28. The van der Waals surface area contributed by atoms with Gasteiger partial charge < -0.3 is 15.2 Å². The molecule has 39 heavy (non-hydrogen) atoms. The third kappa shape index (κ3) is 8.65. The van der Waals surface area contributed by atoms with Gasteiger partial charge in [-0.05, 0) is 74.1 Å². The van der Waals surface area contributed by atoms with Crippen molar-refractivity contribution in [3.8, 4) is 5.75 Å². The number of nitrogens with zero attached hydrogens (tertiary/aromatic N) is 1. The summed E-state index contributed by atoms with van der Waals surface area (Å²) >= 11 is 1.51. The first kappa shape index (κ1) is 28.3. The van der Waals surface area contributed by atoms with Crippen LogP contribution in [0.4, 0.5) is 0 Å². The molecule has 3 aromatic rings. The summed E-state index contributed by atoms with van der Waals surface area (Å²) in [6.07, 6.45) is 9.38. The summed E-state index contributed by atoms with van der Waals surface area (Å²) < 4.78 is 5.94. The lowest BCUT2D eigenvalue weighted by Crippen LogP contribution is -2.35. The molecule has 1 heterocycles. The quantitative estimate of drug-likeness (QED) is 0.198. The molecule has 204 valence electrons. The van der Waals surface area contributed by atoms with Crippen LogP contribution in [0.15, 0.2) is 77.2 Å². The van der Waals surface area contributed by atoms with Crippen molar-refractivity contribution in [2.24, 2.45) is 5.92 Å². The number of aliphatic carboxylic acids is 1. The van der Waals surface area contributed by atoms with Crippen molar-refractivity contribution in [1.29, 1.82) is 0 Å². The van der Waals surface area contributed by atoms with Crippen molar-refractivity contribution in [3.63, 3.8) is 0 Å². The van der Waals surface area contributed by atoms with Crippen molar-refractivity contribution < 1.29 is 19.4 Å². The summed E-state index contributed by atoms with van der Waals surface area (Å²) in [5.41, 5.74) is 4.03. The second-order valence-electron chi connectivity index (χ2n) is 10.1. The Morgan fingerprint density at radius 3 is 2.46 bits per heavy atom. The summed E-state index contributed by atoms with van der Waals surface area (Å²) in [5, 5.41) is 15.2. The zero-order valence-electron chi connectivity index (χ0n) is 22.6. The van der Waals surface area contributed by atoms with Gasteiger partial charge in [-0.2, -0.15) is 0 Å². The largest absolute Gasteiger partial charge is 0.489 e. The molecule has 1 fully saturated rings. The maximum absolute atomic E-state index is 13.2. The smallest absolute Gasteiger partial charge is 0.331 e. The lowest BCUT2D eigenvalue weighted by atomic mass is 9.88. The van der Waals surface area contributed by atoms with Crippen LogP contribution in [0.5, 0.6) is 5.75 Å². The van der Waals surface area contributed by atoms with E-state index in [-0.39, 0.29) is 23.4 Å². The molecule has 0 aliphatic heterocycles. The van der Waals surface area contributed by atoms with Crippen molar-refractivity contribution in [2.45, 2.75) is 65.0 Å². The van der Waals surface area contributed by atoms with E-state index < -0.39 is 5.97 Å². The van der Waals surface area contributed by atoms with E-state index >= 15 is 0 Å². The fourth-order valence-electron chi connectivity index (χ4n) is 4.76. The molecule has 2 N–H and O–H groups in total. The molecule has 1 aliphatic carbocycles. The van der Waals surface area contributed by atoms with Gasteiger partial charge in [0.2, 0.25) is 5.91 Å². The van der Waals surface area contributed by atoms with Gasteiger partial charge in [-0.1, -0.05) is 61.7 Å². The van der Waals surface area contributed by atoms with E-state index in [2.05, 4.69) is 5.32 Å². The van der Waals surface area contributed by atoms with Gasteiger partial charge in [0, 0.05) is 16.9 Å². The van der Waals surface area contributed by atoms with Crippen LogP contribution in [0.3, 0.4) is 0 Å². The number of carbonyl (C=O) groups excluding carboxylic acids is 1. The molecular weight excluding hydrogens is 508 g/mol. The van der Waals surface area contributed by atoms with Crippen molar-refractivity contribution >= 4 is 29.3 Å². The van der Waals surface area contributed by atoms with Crippen LogP contribution >= 0.6 is 11.3 Å². The number of allylic oxidation sites excluding steroid dienone is 2. The molecule has 1 aliphatic rings. The van der Waals surface area contributed by atoms with Gasteiger partial charge in [-0.25, -0.2) is 9.78 Å². The number of hydrogen-bond donors (Lipinski definition) is 2. The first-order valence-corrected chi connectivity index (χ1v) is 14.4. The van der Waals surface area contributed by atoms with Gasteiger partial charge >= 0.3 is 5.97 Å². The lowest BCUT2D eigenvalue weighted by Gasteiger charge is -2.24. The van der Waals surface area contributed by atoms with Gasteiger partial charge in [0.25, 0.3) is 0 Å². The second-order valence-corrected chi connectivity index (χ2v) is 11.0. The Morgan fingerprint density at radius 1 is 1.05 bits per heavy atom. The Kier molecular flexibility index (Phi) is 10.1. The molecular formula is C32H36N2O4S. The Hall–Kier alpha value is -3.71. The van der Waals surface area contributed by atoms with Crippen LogP contribution in [0.1, 0.15) is 73.8 Å². The molecule has 0 bridgehead atoms. The third-order valence-corrected chi connectivity index (χ3v) is 7.88. The topological polar surface area (TPSA) is 88.5 Å². The minimum Gasteiger partial charge on any atom is -0.489 e. The number of rotatable bonds is 11. The average Bonchev–Trinajstić information content (AvgIpc) is 3.41. The number of amides is 1. The summed E-state index contributed by atoms with van der Waals surface area (Å²) in [6.45, 7) is 3.94. The zero-order valence-corrected chi connectivity index (χ0v) is 23.4. The lowest BCUT2D eigenvalue weighted by molar-refractivity contribution is -0.132. The van der Waals surface area contributed by atoms with E-state index in [0.29, 0.717) is 13.0 Å². The fraction of sp³-hybridized carbons (Fsp3) is 0.344.